The van der Waals surface area contributed by atoms with Crippen molar-refractivity contribution in [3.05, 3.63) is 79.4 Å². The Morgan fingerprint density at radius 2 is 1.87 bits per heavy atom. The molecule has 23 heavy (non-hydrogen) atoms. The van der Waals surface area contributed by atoms with Gasteiger partial charge in [0.15, 0.2) is 5.78 Å². The summed E-state index contributed by atoms with van der Waals surface area (Å²) >= 11 is 11.9. The Bertz CT molecular complexity index is 803. The largest absolute Gasteiger partial charge is 0.496 e. The van der Waals surface area contributed by atoms with Crippen LogP contribution in [-0.4, -0.2) is 17.8 Å². The van der Waals surface area contributed by atoms with Crippen LogP contribution in [-0.2, 0) is 0 Å². The van der Waals surface area contributed by atoms with E-state index in [1.807, 2.05) is 0 Å². The predicted molar refractivity (Wildman–Crippen MR) is 88.9 cm³/mol. The zero-order valence-electron chi connectivity index (χ0n) is 12.0. The van der Waals surface area contributed by atoms with Crippen molar-refractivity contribution in [2.24, 2.45) is 0 Å². The lowest BCUT2D eigenvalue weighted by molar-refractivity contribution is -0.400. The van der Waals surface area contributed by atoms with Gasteiger partial charge in [0, 0.05) is 16.7 Å². The zero-order chi connectivity index (χ0) is 17.0. The van der Waals surface area contributed by atoms with Gasteiger partial charge in [-0.15, -0.1) is 0 Å². The lowest BCUT2D eigenvalue weighted by atomic mass is 10.0. The topological polar surface area (TPSA) is 69.4 Å². The molecule has 118 valence electrons. The number of methoxy groups -OCH3 is 1. The van der Waals surface area contributed by atoms with Crippen molar-refractivity contribution in [2.45, 2.75) is 0 Å². The van der Waals surface area contributed by atoms with E-state index in [2.05, 4.69) is 0 Å². The van der Waals surface area contributed by atoms with Crippen LogP contribution in [0.1, 0.15) is 21.5 Å². The highest BCUT2D eigenvalue weighted by molar-refractivity contribution is 6.37. The van der Waals surface area contributed by atoms with E-state index in [0.29, 0.717) is 27.5 Å². The number of nitro groups is 1. The fourth-order valence-electron chi connectivity index (χ4n) is 1.96. The summed E-state index contributed by atoms with van der Waals surface area (Å²) in [6, 6.07) is 9.24. The molecule has 0 N–H and O–H groups in total. The van der Waals surface area contributed by atoms with E-state index < -0.39 is 4.92 Å². The fourth-order valence-corrected chi connectivity index (χ4v) is 2.46. The summed E-state index contributed by atoms with van der Waals surface area (Å²) < 4.78 is 5.21. The summed E-state index contributed by atoms with van der Waals surface area (Å²) in [4.78, 5) is 22.4. The molecule has 2 aromatic rings. The minimum absolute atomic E-state index is 0.238. The van der Waals surface area contributed by atoms with Gasteiger partial charge in [0.1, 0.15) is 5.75 Å². The summed E-state index contributed by atoms with van der Waals surface area (Å²) in [6.45, 7) is 0. The first kappa shape index (κ1) is 17.0. The average Bonchev–Trinajstić information content (AvgIpc) is 2.52. The Hall–Kier alpha value is -2.37. The maximum atomic E-state index is 12.6. The van der Waals surface area contributed by atoms with Gasteiger partial charge >= 0.3 is 0 Å². The molecule has 0 fully saturated rings. The molecule has 0 unspecified atom stereocenters. The highest BCUT2D eigenvalue weighted by Gasteiger charge is 2.17. The highest BCUT2D eigenvalue weighted by Crippen LogP contribution is 2.28. The molecule has 0 aliphatic carbocycles. The second kappa shape index (κ2) is 7.26. The molecule has 0 radical (unpaired) electrons. The number of benzene rings is 2. The predicted octanol–water partition coefficient (Wildman–Crippen LogP) is 4.48. The van der Waals surface area contributed by atoms with Gasteiger partial charge in [0.2, 0.25) is 6.20 Å². The van der Waals surface area contributed by atoms with E-state index in [1.165, 1.54) is 37.5 Å². The summed E-state index contributed by atoms with van der Waals surface area (Å²) in [5.41, 5.74) is 1.13. The molecule has 0 atom stereocenters. The molecule has 0 saturated carbocycles. The van der Waals surface area contributed by atoms with Crippen LogP contribution in [0.4, 0.5) is 0 Å². The first-order valence-electron chi connectivity index (χ1n) is 6.42. The molecule has 0 aromatic heterocycles. The first-order valence-corrected chi connectivity index (χ1v) is 7.17. The maximum Gasteiger partial charge on any atom is 0.235 e. The third kappa shape index (κ3) is 4.09. The quantitative estimate of drug-likeness (QED) is 0.452. The number of carbonyl (C=O) groups is 1. The molecular weight excluding hydrogens is 341 g/mol. The molecule has 2 aromatic carbocycles. The molecule has 0 saturated heterocycles. The van der Waals surface area contributed by atoms with Crippen molar-refractivity contribution in [3.63, 3.8) is 0 Å². The van der Waals surface area contributed by atoms with Crippen LogP contribution in [0, 0.1) is 10.1 Å². The van der Waals surface area contributed by atoms with Gasteiger partial charge in [-0.3, -0.25) is 14.9 Å². The standard InChI is InChI=1S/C16H11Cl2NO4/c1-23-15-8-10(6-7-19(21)22)2-4-13(15)16(20)12-5-3-11(17)9-14(12)18/h2-9H,1H3. The van der Waals surface area contributed by atoms with E-state index in [1.54, 1.807) is 12.1 Å². The number of ketones is 1. The number of hydrogen-bond acceptors (Lipinski definition) is 4. The van der Waals surface area contributed by atoms with Gasteiger partial charge in [-0.1, -0.05) is 29.3 Å². The Kier molecular flexibility index (Phi) is 5.36. The number of nitrogens with zero attached hydrogens (tertiary/aromatic N) is 1. The summed E-state index contributed by atoms with van der Waals surface area (Å²) in [5.74, 6) is -0.0279. The van der Waals surface area contributed by atoms with Gasteiger partial charge in [-0.25, -0.2) is 0 Å². The summed E-state index contributed by atoms with van der Waals surface area (Å²) in [7, 11) is 1.41. The van der Waals surface area contributed by atoms with Crippen LogP contribution >= 0.6 is 23.2 Å². The molecule has 0 heterocycles. The third-order valence-electron chi connectivity index (χ3n) is 3.03. The van der Waals surface area contributed by atoms with E-state index in [4.69, 9.17) is 27.9 Å². The molecule has 0 amide bonds. The maximum absolute atomic E-state index is 12.6. The number of ether oxygens (including phenoxy) is 1. The molecule has 7 heteroatoms. The molecule has 0 aliphatic rings. The van der Waals surface area contributed by atoms with Crippen LogP contribution in [0.25, 0.3) is 6.08 Å². The van der Waals surface area contributed by atoms with Crippen molar-refractivity contribution >= 4 is 35.1 Å². The van der Waals surface area contributed by atoms with Gasteiger partial charge in [0.25, 0.3) is 0 Å². The Morgan fingerprint density at radius 3 is 2.48 bits per heavy atom. The van der Waals surface area contributed by atoms with E-state index >= 15 is 0 Å². The van der Waals surface area contributed by atoms with Gasteiger partial charge in [0.05, 0.1) is 22.6 Å². The molecular formula is C16H11Cl2NO4. The van der Waals surface area contributed by atoms with E-state index in [9.17, 15) is 14.9 Å². The minimum Gasteiger partial charge on any atom is -0.496 e. The first-order chi connectivity index (χ1) is 10.9. The second-order valence-electron chi connectivity index (χ2n) is 4.51. The fraction of sp³-hybridized carbons (Fsp3) is 0.0625. The Morgan fingerprint density at radius 1 is 1.17 bits per heavy atom. The molecule has 0 aliphatic heterocycles. The normalized spacial score (nSPS) is 10.7. The molecule has 0 spiro atoms. The van der Waals surface area contributed by atoms with Crippen molar-refractivity contribution < 1.29 is 14.5 Å². The SMILES string of the molecule is COc1cc(C=C[N+](=O)[O-])ccc1C(=O)c1ccc(Cl)cc1Cl. The third-order valence-corrected chi connectivity index (χ3v) is 3.58. The lowest BCUT2D eigenvalue weighted by Crippen LogP contribution is -2.05. The Labute approximate surface area is 142 Å². The van der Waals surface area contributed by atoms with Gasteiger partial charge in [-0.2, -0.15) is 0 Å². The van der Waals surface area contributed by atoms with Crippen molar-refractivity contribution in [2.75, 3.05) is 7.11 Å². The van der Waals surface area contributed by atoms with Crippen LogP contribution in [0.15, 0.2) is 42.6 Å². The Balaban J connectivity index is 2.42. The number of hydrogen-bond donors (Lipinski definition) is 0. The van der Waals surface area contributed by atoms with Crippen molar-refractivity contribution in [1.29, 1.82) is 0 Å². The highest BCUT2D eigenvalue weighted by atomic mass is 35.5. The van der Waals surface area contributed by atoms with Crippen molar-refractivity contribution in [3.8, 4) is 5.75 Å². The second-order valence-corrected chi connectivity index (χ2v) is 5.36. The van der Waals surface area contributed by atoms with Crippen molar-refractivity contribution in [1.82, 2.24) is 0 Å². The average molecular weight is 352 g/mol. The monoisotopic (exact) mass is 351 g/mol. The molecule has 2 rings (SSSR count). The van der Waals surface area contributed by atoms with E-state index in [-0.39, 0.29) is 10.8 Å². The van der Waals surface area contributed by atoms with E-state index in [0.717, 1.165) is 6.20 Å². The zero-order valence-corrected chi connectivity index (χ0v) is 13.5. The summed E-state index contributed by atoms with van der Waals surface area (Å²) in [5, 5.41) is 11.0. The molecule has 0 bridgehead atoms. The molecule has 5 nitrogen and oxygen atoms in total. The minimum atomic E-state index is -0.570. The van der Waals surface area contributed by atoms with Crippen LogP contribution in [0.5, 0.6) is 5.75 Å². The van der Waals surface area contributed by atoms with Gasteiger partial charge < -0.3 is 4.74 Å². The van der Waals surface area contributed by atoms with Crippen LogP contribution < -0.4 is 4.74 Å². The van der Waals surface area contributed by atoms with Crippen LogP contribution in [0.3, 0.4) is 0 Å². The summed E-state index contributed by atoms with van der Waals surface area (Å²) in [6.07, 6.45) is 2.12. The van der Waals surface area contributed by atoms with Crippen LogP contribution in [0.2, 0.25) is 10.0 Å². The van der Waals surface area contributed by atoms with Gasteiger partial charge in [-0.05, 0) is 35.9 Å². The number of rotatable bonds is 5. The number of carbonyl (C=O) groups excluding carboxylic acids is 1. The number of halogens is 2. The smallest absolute Gasteiger partial charge is 0.235 e. The lowest BCUT2D eigenvalue weighted by Gasteiger charge is -2.10.